The molecule has 1 saturated heterocycles. The average molecular weight is 187 g/mol. The first-order chi connectivity index (χ1) is 6.91. The summed E-state index contributed by atoms with van der Waals surface area (Å²) in [5, 5.41) is 3.36. The first kappa shape index (κ1) is 8.06. The quantitative estimate of drug-likeness (QED) is 0.669. The molecule has 1 fully saturated rings. The molecule has 14 heavy (non-hydrogen) atoms. The standard InChI is InChI=1S/C12H13NO/c1-2-4-11-10(3-1)5-8-14-12(11)6-7-13-9-12/h1-5,8,13H,6-7,9H2. The first-order valence-electron chi connectivity index (χ1n) is 5.05. The van der Waals surface area contributed by atoms with Crippen LogP contribution < -0.4 is 5.32 Å². The van der Waals surface area contributed by atoms with Crippen molar-refractivity contribution in [3.05, 3.63) is 41.7 Å². The summed E-state index contributed by atoms with van der Waals surface area (Å²) in [4.78, 5) is 0. The van der Waals surface area contributed by atoms with Crippen molar-refractivity contribution in [2.75, 3.05) is 13.1 Å². The maximum atomic E-state index is 5.81. The van der Waals surface area contributed by atoms with E-state index in [4.69, 9.17) is 4.74 Å². The van der Waals surface area contributed by atoms with Gasteiger partial charge in [0.15, 0.2) is 0 Å². The smallest absolute Gasteiger partial charge is 0.147 e. The topological polar surface area (TPSA) is 21.3 Å². The van der Waals surface area contributed by atoms with Crippen LogP contribution in [0.4, 0.5) is 0 Å². The third kappa shape index (κ3) is 1.01. The third-order valence-corrected chi connectivity index (χ3v) is 3.11. The summed E-state index contributed by atoms with van der Waals surface area (Å²) in [6, 6.07) is 8.48. The van der Waals surface area contributed by atoms with Crippen molar-refractivity contribution in [2.24, 2.45) is 0 Å². The van der Waals surface area contributed by atoms with Gasteiger partial charge in [-0.2, -0.15) is 0 Å². The Balaban J connectivity index is 2.15. The van der Waals surface area contributed by atoms with Crippen LogP contribution in [0.2, 0.25) is 0 Å². The maximum absolute atomic E-state index is 5.81. The molecule has 0 aliphatic carbocycles. The van der Waals surface area contributed by atoms with Crippen molar-refractivity contribution < 1.29 is 4.74 Å². The zero-order valence-corrected chi connectivity index (χ0v) is 7.99. The minimum atomic E-state index is -0.0919. The van der Waals surface area contributed by atoms with E-state index < -0.39 is 0 Å². The van der Waals surface area contributed by atoms with Crippen molar-refractivity contribution in [1.82, 2.24) is 5.32 Å². The van der Waals surface area contributed by atoms with Crippen molar-refractivity contribution in [1.29, 1.82) is 0 Å². The SMILES string of the molecule is C1=Cc2ccccc2C2(CCNC2)O1. The van der Waals surface area contributed by atoms with Crippen molar-refractivity contribution in [3.8, 4) is 0 Å². The number of hydrogen-bond acceptors (Lipinski definition) is 2. The van der Waals surface area contributed by atoms with E-state index >= 15 is 0 Å². The van der Waals surface area contributed by atoms with E-state index in [0.717, 1.165) is 19.5 Å². The molecule has 3 rings (SSSR count). The van der Waals surface area contributed by atoms with E-state index in [0.29, 0.717) is 0 Å². The molecule has 0 bridgehead atoms. The fourth-order valence-electron chi connectivity index (χ4n) is 2.36. The summed E-state index contributed by atoms with van der Waals surface area (Å²) in [7, 11) is 0. The summed E-state index contributed by atoms with van der Waals surface area (Å²) in [5.41, 5.74) is 2.53. The van der Waals surface area contributed by atoms with Crippen LogP contribution >= 0.6 is 0 Å². The number of rotatable bonds is 0. The number of ether oxygens (including phenoxy) is 1. The average Bonchev–Trinajstić information content (AvgIpc) is 2.68. The molecule has 2 heterocycles. The Kier molecular flexibility index (Phi) is 1.64. The van der Waals surface area contributed by atoms with Gasteiger partial charge in [-0.1, -0.05) is 24.3 Å². The van der Waals surface area contributed by atoms with Gasteiger partial charge in [0.05, 0.1) is 6.26 Å². The molecule has 1 spiro atoms. The van der Waals surface area contributed by atoms with Crippen LogP contribution in [-0.2, 0) is 10.3 Å². The van der Waals surface area contributed by atoms with Crippen LogP contribution in [0.25, 0.3) is 6.08 Å². The minimum absolute atomic E-state index is 0.0919. The molecule has 2 nitrogen and oxygen atoms in total. The highest BCUT2D eigenvalue weighted by molar-refractivity contribution is 5.57. The Labute approximate surface area is 83.6 Å². The Morgan fingerprint density at radius 1 is 1.29 bits per heavy atom. The second kappa shape index (κ2) is 2.85. The zero-order chi connectivity index (χ0) is 9.43. The summed E-state index contributed by atoms with van der Waals surface area (Å²) in [5.74, 6) is 0. The monoisotopic (exact) mass is 187 g/mol. The molecule has 2 aliphatic heterocycles. The fourth-order valence-corrected chi connectivity index (χ4v) is 2.36. The number of benzene rings is 1. The van der Waals surface area contributed by atoms with Gasteiger partial charge in [0, 0.05) is 18.5 Å². The van der Waals surface area contributed by atoms with Crippen LogP contribution in [0.5, 0.6) is 0 Å². The van der Waals surface area contributed by atoms with Crippen molar-refractivity contribution in [2.45, 2.75) is 12.0 Å². The van der Waals surface area contributed by atoms with Gasteiger partial charge in [-0.25, -0.2) is 0 Å². The lowest BCUT2D eigenvalue weighted by Gasteiger charge is -2.32. The van der Waals surface area contributed by atoms with Crippen LogP contribution in [-0.4, -0.2) is 13.1 Å². The van der Waals surface area contributed by atoms with Gasteiger partial charge in [0.1, 0.15) is 5.60 Å². The Morgan fingerprint density at radius 3 is 3.07 bits per heavy atom. The number of fused-ring (bicyclic) bond motifs is 2. The molecule has 1 unspecified atom stereocenters. The molecule has 0 saturated carbocycles. The summed E-state index contributed by atoms with van der Waals surface area (Å²) in [6.45, 7) is 1.97. The molecular formula is C12H13NO. The molecule has 0 amide bonds. The summed E-state index contributed by atoms with van der Waals surface area (Å²) < 4.78 is 5.81. The van der Waals surface area contributed by atoms with Crippen LogP contribution in [0.3, 0.4) is 0 Å². The lowest BCUT2D eigenvalue weighted by atomic mass is 9.87. The van der Waals surface area contributed by atoms with E-state index in [9.17, 15) is 0 Å². The largest absolute Gasteiger partial charge is 0.489 e. The highest BCUT2D eigenvalue weighted by atomic mass is 16.5. The Bertz CT molecular complexity index is 378. The van der Waals surface area contributed by atoms with Gasteiger partial charge in [-0.05, 0) is 18.2 Å². The van der Waals surface area contributed by atoms with Crippen LogP contribution in [0, 0.1) is 0 Å². The Morgan fingerprint density at radius 2 is 2.21 bits per heavy atom. The van der Waals surface area contributed by atoms with Crippen molar-refractivity contribution in [3.63, 3.8) is 0 Å². The van der Waals surface area contributed by atoms with Crippen molar-refractivity contribution >= 4 is 6.08 Å². The highest BCUT2D eigenvalue weighted by Crippen LogP contribution is 2.37. The van der Waals surface area contributed by atoms with Crippen LogP contribution in [0.15, 0.2) is 30.5 Å². The fraction of sp³-hybridized carbons (Fsp3) is 0.333. The van der Waals surface area contributed by atoms with Crippen LogP contribution in [0.1, 0.15) is 17.5 Å². The summed E-state index contributed by atoms with van der Waals surface area (Å²) in [6.07, 6.45) is 4.93. The first-order valence-corrected chi connectivity index (χ1v) is 5.05. The summed E-state index contributed by atoms with van der Waals surface area (Å²) >= 11 is 0. The molecule has 1 atom stereocenters. The second-order valence-corrected chi connectivity index (χ2v) is 3.93. The lowest BCUT2D eigenvalue weighted by Crippen LogP contribution is -2.32. The van der Waals surface area contributed by atoms with Gasteiger partial charge >= 0.3 is 0 Å². The number of hydrogen-bond donors (Lipinski definition) is 1. The lowest BCUT2D eigenvalue weighted by molar-refractivity contribution is 0.0354. The van der Waals surface area contributed by atoms with Gasteiger partial charge in [0.25, 0.3) is 0 Å². The van der Waals surface area contributed by atoms with Gasteiger partial charge in [-0.15, -0.1) is 0 Å². The molecule has 1 aromatic rings. The van der Waals surface area contributed by atoms with Gasteiger partial charge in [0.2, 0.25) is 0 Å². The van der Waals surface area contributed by atoms with E-state index in [-0.39, 0.29) is 5.60 Å². The maximum Gasteiger partial charge on any atom is 0.147 e. The molecular weight excluding hydrogens is 174 g/mol. The molecule has 1 N–H and O–H groups in total. The van der Waals surface area contributed by atoms with E-state index in [1.807, 2.05) is 12.3 Å². The van der Waals surface area contributed by atoms with E-state index in [1.54, 1.807) is 0 Å². The zero-order valence-electron chi connectivity index (χ0n) is 7.99. The molecule has 0 aromatic heterocycles. The molecule has 0 radical (unpaired) electrons. The normalized spacial score (nSPS) is 28.9. The Hall–Kier alpha value is -1.28. The van der Waals surface area contributed by atoms with E-state index in [1.165, 1.54) is 11.1 Å². The third-order valence-electron chi connectivity index (χ3n) is 3.11. The predicted octanol–water partition coefficient (Wildman–Crippen LogP) is 1.88. The minimum Gasteiger partial charge on any atom is -0.489 e. The number of nitrogens with one attached hydrogen (secondary N) is 1. The molecule has 2 aliphatic rings. The highest BCUT2D eigenvalue weighted by Gasteiger charge is 2.39. The second-order valence-electron chi connectivity index (χ2n) is 3.93. The van der Waals surface area contributed by atoms with E-state index in [2.05, 4.69) is 29.6 Å². The molecule has 2 heteroatoms. The molecule has 72 valence electrons. The van der Waals surface area contributed by atoms with Gasteiger partial charge in [-0.3, -0.25) is 0 Å². The van der Waals surface area contributed by atoms with Gasteiger partial charge < -0.3 is 10.1 Å². The molecule has 1 aromatic carbocycles. The predicted molar refractivity (Wildman–Crippen MR) is 55.7 cm³/mol.